The first-order valence-corrected chi connectivity index (χ1v) is 9.31. The van der Waals surface area contributed by atoms with Crippen molar-refractivity contribution in [2.75, 3.05) is 7.11 Å². The SMILES string of the molecule is COc1ccc(-n2c(=O)c3cc(C(N)=O)ccc3n2C2CCCCC2)cc1. The van der Waals surface area contributed by atoms with Gasteiger partial charge >= 0.3 is 0 Å². The lowest BCUT2D eigenvalue weighted by Gasteiger charge is -2.26. The zero-order valence-electron chi connectivity index (χ0n) is 15.4. The van der Waals surface area contributed by atoms with Crippen LogP contribution in [-0.4, -0.2) is 22.4 Å². The van der Waals surface area contributed by atoms with Crippen LogP contribution in [0.5, 0.6) is 5.75 Å². The van der Waals surface area contributed by atoms with Gasteiger partial charge in [0, 0.05) is 5.56 Å². The van der Waals surface area contributed by atoms with Crippen molar-refractivity contribution in [3.63, 3.8) is 0 Å². The van der Waals surface area contributed by atoms with E-state index < -0.39 is 5.91 Å². The van der Waals surface area contributed by atoms with Crippen molar-refractivity contribution in [1.82, 2.24) is 9.36 Å². The Kier molecular flexibility index (Phi) is 4.48. The normalized spacial score (nSPS) is 15.1. The lowest BCUT2D eigenvalue weighted by atomic mass is 9.95. The van der Waals surface area contributed by atoms with Crippen LogP contribution in [0.3, 0.4) is 0 Å². The molecule has 6 nitrogen and oxygen atoms in total. The van der Waals surface area contributed by atoms with Crippen LogP contribution in [0.25, 0.3) is 16.6 Å². The summed E-state index contributed by atoms with van der Waals surface area (Å²) in [6.07, 6.45) is 5.61. The molecule has 140 valence electrons. The zero-order valence-corrected chi connectivity index (χ0v) is 15.4. The number of carbonyl (C=O) groups excluding carboxylic acids is 1. The maximum atomic E-state index is 13.3. The third-order valence-corrected chi connectivity index (χ3v) is 5.40. The maximum Gasteiger partial charge on any atom is 0.279 e. The Hall–Kier alpha value is -3.02. The van der Waals surface area contributed by atoms with Crippen LogP contribution in [0.1, 0.15) is 48.5 Å². The first-order chi connectivity index (χ1) is 13.1. The van der Waals surface area contributed by atoms with E-state index in [0.29, 0.717) is 10.9 Å². The number of rotatable bonds is 4. The topological polar surface area (TPSA) is 79.2 Å². The van der Waals surface area contributed by atoms with Gasteiger partial charge in [-0.15, -0.1) is 0 Å². The second kappa shape index (κ2) is 6.95. The zero-order chi connectivity index (χ0) is 19.0. The molecule has 2 N–H and O–H groups in total. The number of benzene rings is 2. The summed E-state index contributed by atoms with van der Waals surface area (Å²) in [6, 6.07) is 12.9. The van der Waals surface area contributed by atoms with Gasteiger partial charge in [0.25, 0.3) is 5.56 Å². The Bertz CT molecular complexity index is 1040. The highest BCUT2D eigenvalue weighted by Crippen LogP contribution is 2.32. The minimum Gasteiger partial charge on any atom is -0.497 e. The number of aromatic nitrogens is 2. The maximum absolute atomic E-state index is 13.3. The molecular formula is C21H23N3O3. The molecular weight excluding hydrogens is 342 g/mol. The molecule has 1 aliphatic carbocycles. The van der Waals surface area contributed by atoms with Crippen LogP contribution in [0.4, 0.5) is 0 Å². The van der Waals surface area contributed by atoms with Crippen LogP contribution in [-0.2, 0) is 0 Å². The van der Waals surface area contributed by atoms with Gasteiger partial charge in [0.1, 0.15) is 5.75 Å². The molecule has 1 amide bonds. The monoisotopic (exact) mass is 365 g/mol. The fourth-order valence-corrected chi connectivity index (χ4v) is 4.03. The summed E-state index contributed by atoms with van der Waals surface area (Å²) in [7, 11) is 1.62. The van der Waals surface area contributed by atoms with Crippen LogP contribution < -0.4 is 16.0 Å². The van der Waals surface area contributed by atoms with Gasteiger partial charge in [0.15, 0.2) is 0 Å². The van der Waals surface area contributed by atoms with Gasteiger partial charge in [-0.25, -0.2) is 4.68 Å². The fraction of sp³-hybridized carbons (Fsp3) is 0.333. The molecule has 1 heterocycles. The number of fused-ring (bicyclic) bond motifs is 1. The molecule has 0 saturated heterocycles. The van der Waals surface area contributed by atoms with E-state index in [2.05, 4.69) is 4.68 Å². The van der Waals surface area contributed by atoms with E-state index >= 15 is 0 Å². The quantitative estimate of drug-likeness (QED) is 0.769. The van der Waals surface area contributed by atoms with Gasteiger partial charge in [0.2, 0.25) is 5.91 Å². The largest absolute Gasteiger partial charge is 0.497 e. The fourth-order valence-electron chi connectivity index (χ4n) is 4.03. The van der Waals surface area contributed by atoms with Crippen molar-refractivity contribution in [3.05, 3.63) is 58.4 Å². The van der Waals surface area contributed by atoms with Gasteiger partial charge in [-0.05, 0) is 55.3 Å². The molecule has 1 saturated carbocycles. The summed E-state index contributed by atoms with van der Waals surface area (Å²) < 4.78 is 9.06. The molecule has 1 aromatic heterocycles. The summed E-state index contributed by atoms with van der Waals surface area (Å²) in [6.45, 7) is 0. The van der Waals surface area contributed by atoms with Crippen molar-refractivity contribution in [1.29, 1.82) is 0 Å². The molecule has 1 fully saturated rings. The highest BCUT2D eigenvalue weighted by atomic mass is 16.5. The van der Waals surface area contributed by atoms with E-state index in [1.54, 1.807) is 23.9 Å². The molecule has 0 aliphatic heterocycles. The molecule has 27 heavy (non-hydrogen) atoms. The number of hydrogen-bond donors (Lipinski definition) is 1. The third-order valence-electron chi connectivity index (χ3n) is 5.40. The Labute approximate surface area is 157 Å². The Balaban J connectivity index is 1.97. The first-order valence-electron chi connectivity index (χ1n) is 9.31. The summed E-state index contributed by atoms with van der Waals surface area (Å²) in [5, 5.41) is 0.521. The average molecular weight is 365 g/mol. The molecule has 3 aromatic rings. The molecule has 4 rings (SSSR count). The number of nitrogens with two attached hydrogens (primary N) is 1. The highest BCUT2D eigenvalue weighted by Gasteiger charge is 2.23. The number of amides is 1. The second-order valence-electron chi connectivity index (χ2n) is 7.05. The van der Waals surface area contributed by atoms with Crippen LogP contribution in [0, 0.1) is 0 Å². The highest BCUT2D eigenvalue weighted by molar-refractivity contribution is 5.97. The van der Waals surface area contributed by atoms with E-state index in [-0.39, 0.29) is 11.6 Å². The third kappa shape index (κ3) is 3.01. The number of methoxy groups -OCH3 is 1. The minimum atomic E-state index is -0.530. The van der Waals surface area contributed by atoms with Crippen molar-refractivity contribution < 1.29 is 9.53 Å². The summed E-state index contributed by atoms with van der Waals surface area (Å²) in [5.74, 6) is 0.209. The Morgan fingerprint density at radius 3 is 2.41 bits per heavy atom. The van der Waals surface area contributed by atoms with Crippen molar-refractivity contribution in [2.45, 2.75) is 38.1 Å². The van der Waals surface area contributed by atoms with Crippen LogP contribution in [0.15, 0.2) is 47.3 Å². The summed E-state index contributed by atoms with van der Waals surface area (Å²) in [4.78, 5) is 24.9. The molecule has 6 heteroatoms. The summed E-state index contributed by atoms with van der Waals surface area (Å²) >= 11 is 0. The van der Waals surface area contributed by atoms with Gasteiger partial charge in [-0.3, -0.25) is 14.3 Å². The Morgan fingerprint density at radius 1 is 1.07 bits per heavy atom. The smallest absolute Gasteiger partial charge is 0.279 e. The molecule has 0 spiro atoms. The van der Waals surface area contributed by atoms with Gasteiger partial charge in [-0.2, -0.15) is 0 Å². The summed E-state index contributed by atoms with van der Waals surface area (Å²) in [5.41, 5.74) is 7.25. The predicted molar refractivity (Wildman–Crippen MR) is 105 cm³/mol. The number of nitrogens with zero attached hydrogens (tertiary/aromatic N) is 2. The van der Waals surface area contributed by atoms with Crippen LogP contribution >= 0.6 is 0 Å². The molecule has 2 aromatic carbocycles. The van der Waals surface area contributed by atoms with Crippen molar-refractivity contribution in [3.8, 4) is 11.4 Å². The molecule has 0 radical (unpaired) electrons. The predicted octanol–water partition coefficient (Wildman–Crippen LogP) is 3.40. The van der Waals surface area contributed by atoms with Crippen molar-refractivity contribution >= 4 is 16.8 Å². The van der Waals surface area contributed by atoms with E-state index in [0.717, 1.165) is 42.6 Å². The molecule has 0 unspecified atom stereocenters. The Morgan fingerprint density at radius 2 is 1.78 bits per heavy atom. The number of primary amides is 1. The first kappa shape index (κ1) is 17.4. The van der Waals surface area contributed by atoms with Gasteiger partial charge in [-0.1, -0.05) is 19.3 Å². The number of ether oxygens (including phenoxy) is 1. The molecule has 1 aliphatic rings. The minimum absolute atomic E-state index is 0.135. The van der Waals surface area contributed by atoms with E-state index in [1.165, 1.54) is 6.42 Å². The lowest BCUT2D eigenvalue weighted by Crippen LogP contribution is -2.25. The molecule has 0 bridgehead atoms. The van der Waals surface area contributed by atoms with Crippen molar-refractivity contribution in [2.24, 2.45) is 5.73 Å². The van der Waals surface area contributed by atoms with Crippen LogP contribution in [0.2, 0.25) is 0 Å². The van der Waals surface area contributed by atoms with Gasteiger partial charge < -0.3 is 10.5 Å². The second-order valence-corrected chi connectivity index (χ2v) is 7.05. The number of carbonyl (C=O) groups is 1. The average Bonchev–Trinajstić information content (AvgIpc) is 3.00. The van der Waals surface area contributed by atoms with Gasteiger partial charge in [0.05, 0.1) is 29.7 Å². The van der Waals surface area contributed by atoms with E-state index in [9.17, 15) is 9.59 Å². The standard InChI is InChI=1S/C21H23N3O3/c1-27-17-10-8-16(9-11-17)24-21(26)18-13-14(20(22)25)7-12-19(18)23(24)15-5-3-2-4-6-15/h7-13,15H,2-6H2,1H3,(H2,22,25). The van der Waals surface area contributed by atoms with E-state index in [1.807, 2.05) is 30.3 Å². The number of hydrogen-bond acceptors (Lipinski definition) is 3. The van der Waals surface area contributed by atoms with E-state index in [4.69, 9.17) is 10.5 Å². The lowest BCUT2D eigenvalue weighted by molar-refractivity contribution is 0.100. The molecule has 0 atom stereocenters.